The summed E-state index contributed by atoms with van der Waals surface area (Å²) >= 11 is 0. The Balaban J connectivity index is 0.000000149. The number of hydrogen-bond acceptors (Lipinski definition) is 4. The molecule has 2 aromatic rings. The third kappa shape index (κ3) is 5.06. The monoisotopic (exact) mass is 314 g/mol. The number of aryl methyl sites for hydroxylation is 1. The van der Waals surface area contributed by atoms with Gasteiger partial charge in [-0.05, 0) is 24.1 Å². The highest BCUT2D eigenvalue weighted by Gasteiger charge is 2.26. The number of rotatable bonds is 5. The van der Waals surface area contributed by atoms with Crippen LogP contribution in [0, 0.1) is 6.92 Å². The van der Waals surface area contributed by atoms with Gasteiger partial charge in [-0.1, -0.05) is 42.5 Å². The largest absolute Gasteiger partial charge is 0.507 e. The maximum absolute atomic E-state index is 9.69. The molecule has 2 saturated heterocycles. The Morgan fingerprint density at radius 3 is 1.96 bits per heavy atom. The van der Waals surface area contributed by atoms with Gasteiger partial charge in [-0.15, -0.1) is 0 Å². The van der Waals surface area contributed by atoms with Crippen molar-refractivity contribution < 1.29 is 19.3 Å². The second-order valence-electron chi connectivity index (χ2n) is 5.78. The maximum Gasteiger partial charge on any atom is 0.123 e. The number of benzene rings is 2. The zero-order chi connectivity index (χ0) is 16.1. The summed E-state index contributed by atoms with van der Waals surface area (Å²) in [4.78, 5) is 0. The zero-order valence-corrected chi connectivity index (χ0v) is 13.3. The Morgan fingerprint density at radius 2 is 1.43 bits per heavy atom. The van der Waals surface area contributed by atoms with E-state index in [9.17, 15) is 5.11 Å². The number of epoxide rings is 2. The first-order chi connectivity index (χ1) is 11.2. The van der Waals surface area contributed by atoms with E-state index >= 15 is 0 Å². The maximum atomic E-state index is 9.69. The van der Waals surface area contributed by atoms with Gasteiger partial charge in [0.2, 0.25) is 0 Å². The number of aromatic hydroxyl groups is 1. The zero-order valence-electron chi connectivity index (χ0n) is 13.3. The van der Waals surface area contributed by atoms with E-state index in [0.717, 1.165) is 37.6 Å². The first kappa shape index (κ1) is 16.0. The van der Waals surface area contributed by atoms with Crippen LogP contribution in [0.4, 0.5) is 0 Å². The van der Waals surface area contributed by atoms with Crippen LogP contribution >= 0.6 is 0 Å². The molecule has 0 amide bonds. The molecule has 23 heavy (non-hydrogen) atoms. The van der Waals surface area contributed by atoms with E-state index in [1.165, 1.54) is 5.56 Å². The first-order valence-electron chi connectivity index (χ1n) is 7.89. The van der Waals surface area contributed by atoms with Crippen molar-refractivity contribution in [1.82, 2.24) is 0 Å². The summed E-state index contributed by atoms with van der Waals surface area (Å²) in [7, 11) is 0. The van der Waals surface area contributed by atoms with Crippen LogP contribution in [-0.2, 0) is 14.2 Å². The molecule has 2 aromatic carbocycles. The van der Waals surface area contributed by atoms with Crippen LogP contribution in [0.15, 0.2) is 48.5 Å². The van der Waals surface area contributed by atoms with E-state index in [4.69, 9.17) is 14.2 Å². The predicted molar refractivity (Wildman–Crippen MR) is 88.6 cm³/mol. The number of phenolic OH excluding ortho intramolecular Hbond substituents is 1. The summed E-state index contributed by atoms with van der Waals surface area (Å²) in [6.07, 6.45) is 0.785. The summed E-state index contributed by atoms with van der Waals surface area (Å²) in [5, 5.41) is 9.69. The predicted octanol–water partition coefficient (Wildman–Crippen LogP) is 3.17. The van der Waals surface area contributed by atoms with Crippen molar-refractivity contribution in [2.75, 3.05) is 26.4 Å². The molecule has 1 N–H and O–H groups in total. The quantitative estimate of drug-likeness (QED) is 0.861. The van der Waals surface area contributed by atoms with Crippen LogP contribution in [0.3, 0.4) is 0 Å². The fourth-order valence-electron chi connectivity index (χ4n) is 2.24. The van der Waals surface area contributed by atoms with E-state index in [1.807, 2.05) is 49.4 Å². The molecular weight excluding hydrogens is 292 g/mol. The molecule has 2 aliphatic heterocycles. The Labute approximate surface area is 136 Å². The molecule has 0 radical (unpaired) electrons. The highest BCUT2D eigenvalue weighted by molar-refractivity contribution is 5.72. The highest BCUT2D eigenvalue weighted by atomic mass is 16.6. The van der Waals surface area contributed by atoms with Crippen LogP contribution in [0.2, 0.25) is 0 Å². The Bertz CT molecular complexity index is 577. The third-order valence-electron chi connectivity index (χ3n) is 3.75. The van der Waals surface area contributed by atoms with Gasteiger partial charge in [0.25, 0.3) is 0 Å². The molecule has 2 unspecified atom stereocenters. The van der Waals surface area contributed by atoms with Crippen LogP contribution in [-0.4, -0.2) is 43.7 Å². The van der Waals surface area contributed by atoms with Gasteiger partial charge < -0.3 is 19.3 Å². The van der Waals surface area contributed by atoms with E-state index in [1.54, 1.807) is 6.07 Å². The van der Waals surface area contributed by atoms with Crippen LogP contribution < -0.4 is 0 Å². The van der Waals surface area contributed by atoms with Crippen molar-refractivity contribution in [3.63, 3.8) is 0 Å². The number of hydrogen-bond donors (Lipinski definition) is 1. The van der Waals surface area contributed by atoms with Gasteiger partial charge in [-0.3, -0.25) is 0 Å². The fraction of sp³-hybridized carbons (Fsp3) is 0.368. The molecule has 4 rings (SSSR count). The molecule has 0 aromatic heterocycles. The Morgan fingerprint density at radius 1 is 0.913 bits per heavy atom. The van der Waals surface area contributed by atoms with E-state index in [2.05, 4.69) is 0 Å². The van der Waals surface area contributed by atoms with Crippen molar-refractivity contribution in [2.45, 2.75) is 19.1 Å². The fourth-order valence-corrected chi connectivity index (χ4v) is 2.24. The van der Waals surface area contributed by atoms with E-state index in [0.29, 0.717) is 18.0 Å². The van der Waals surface area contributed by atoms with E-state index in [-0.39, 0.29) is 0 Å². The number of ether oxygens (including phenoxy) is 3. The topological polar surface area (TPSA) is 54.5 Å². The minimum absolute atomic E-state index is 0.335. The van der Waals surface area contributed by atoms with Gasteiger partial charge in [0, 0.05) is 5.56 Å². The number of phenols is 1. The van der Waals surface area contributed by atoms with Crippen LogP contribution in [0.25, 0.3) is 11.1 Å². The van der Waals surface area contributed by atoms with Crippen molar-refractivity contribution in [3.05, 3.63) is 54.1 Å². The van der Waals surface area contributed by atoms with Crippen molar-refractivity contribution in [3.8, 4) is 16.9 Å². The molecule has 0 saturated carbocycles. The summed E-state index contributed by atoms with van der Waals surface area (Å²) < 4.78 is 15.1. The van der Waals surface area contributed by atoms with Gasteiger partial charge >= 0.3 is 0 Å². The lowest BCUT2D eigenvalue weighted by Crippen LogP contribution is -2.06. The average molecular weight is 314 g/mol. The smallest absolute Gasteiger partial charge is 0.123 e. The second-order valence-corrected chi connectivity index (χ2v) is 5.78. The van der Waals surface area contributed by atoms with Gasteiger partial charge in [-0.25, -0.2) is 0 Å². The molecule has 4 nitrogen and oxygen atoms in total. The molecule has 2 heterocycles. The molecule has 2 aliphatic rings. The molecule has 4 heteroatoms. The lowest BCUT2D eigenvalue weighted by Gasteiger charge is -2.06. The van der Waals surface area contributed by atoms with Crippen molar-refractivity contribution in [2.24, 2.45) is 0 Å². The third-order valence-corrected chi connectivity index (χ3v) is 3.75. The lowest BCUT2D eigenvalue weighted by atomic mass is 10.0. The first-order valence-corrected chi connectivity index (χ1v) is 7.89. The summed E-state index contributed by atoms with van der Waals surface area (Å²) in [5.41, 5.74) is 3.16. The van der Waals surface area contributed by atoms with Crippen molar-refractivity contribution >= 4 is 0 Å². The normalized spacial score (nSPS) is 21.3. The van der Waals surface area contributed by atoms with Gasteiger partial charge in [0.05, 0.1) is 26.4 Å². The molecule has 0 bridgehead atoms. The summed E-state index contributed by atoms with van der Waals surface area (Å²) in [5.74, 6) is 0.335. The lowest BCUT2D eigenvalue weighted by molar-refractivity contribution is 0.102. The molecule has 122 valence electrons. The molecule has 2 atom stereocenters. The van der Waals surface area contributed by atoms with Crippen molar-refractivity contribution in [1.29, 1.82) is 0 Å². The van der Waals surface area contributed by atoms with Gasteiger partial charge in [-0.2, -0.15) is 0 Å². The minimum atomic E-state index is 0.335. The van der Waals surface area contributed by atoms with Gasteiger partial charge in [0.1, 0.15) is 18.0 Å². The average Bonchev–Trinajstić information content (AvgIpc) is 3.45. The van der Waals surface area contributed by atoms with E-state index < -0.39 is 0 Å². The minimum Gasteiger partial charge on any atom is -0.507 e. The Kier molecular flexibility index (Phi) is 5.28. The SMILES string of the molecule is C(OCC1CO1)C1CO1.Cc1ccccc1-c1ccccc1O. The van der Waals surface area contributed by atoms with Crippen LogP contribution in [0.1, 0.15) is 5.56 Å². The van der Waals surface area contributed by atoms with Crippen LogP contribution in [0.5, 0.6) is 5.75 Å². The standard InChI is InChI=1S/C13H12O.C6H10O3/c1-10-6-2-3-7-11(10)12-8-4-5-9-13(12)14;1(5-3-8-5)7-2-6-4-9-6/h2-9,14H,1H3;5-6H,1-4H2. The second kappa shape index (κ2) is 7.59. The summed E-state index contributed by atoms with van der Waals surface area (Å²) in [6, 6.07) is 15.4. The number of para-hydroxylation sites is 1. The molecule has 0 aliphatic carbocycles. The van der Waals surface area contributed by atoms with Gasteiger partial charge in [0.15, 0.2) is 0 Å². The molecule has 0 spiro atoms. The Hall–Kier alpha value is -1.88. The highest BCUT2D eigenvalue weighted by Crippen LogP contribution is 2.30. The molecule has 2 fully saturated rings. The summed E-state index contributed by atoms with van der Waals surface area (Å²) in [6.45, 7) is 5.30. The molecular formula is C19H22O4.